The van der Waals surface area contributed by atoms with Crippen molar-refractivity contribution in [2.75, 3.05) is 31.7 Å². The van der Waals surface area contributed by atoms with Crippen molar-refractivity contribution in [1.29, 1.82) is 0 Å². The van der Waals surface area contributed by atoms with Crippen LogP contribution in [-0.2, 0) is 9.53 Å². The fourth-order valence-electron chi connectivity index (χ4n) is 2.00. The van der Waals surface area contributed by atoms with Gasteiger partial charge in [-0.2, -0.15) is 0 Å². The fourth-order valence-corrected chi connectivity index (χ4v) is 2.27. The number of nitrogens with one attached hydrogen (secondary N) is 1. The highest BCUT2D eigenvalue weighted by Gasteiger charge is 2.31. The molecule has 2 heterocycles. The number of pyridine rings is 1. The molecular formula is C12H14ClN3O4. The molecule has 1 atom stereocenters. The van der Waals surface area contributed by atoms with Gasteiger partial charge in [0.25, 0.3) is 0 Å². The fraction of sp³-hybridized carbons (Fsp3) is 0.417. The number of hydrogen-bond donors (Lipinski definition) is 2. The third-order valence-corrected chi connectivity index (χ3v) is 3.30. The maximum absolute atomic E-state index is 11.8. The number of rotatable bonds is 3. The SMILES string of the molecule is CNC(=O)C1COCCN1c1ncc(C(=O)O)cc1Cl. The van der Waals surface area contributed by atoms with Crippen LogP contribution in [0.2, 0.25) is 5.02 Å². The second-order valence-corrected chi connectivity index (χ2v) is 4.64. The van der Waals surface area contributed by atoms with Crippen molar-refractivity contribution < 1.29 is 19.4 Å². The minimum Gasteiger partial charge on any atom is -0.478 e. The number of aromatic nitrogens is 1. The lowest BCUT2D eigenvalue weighted by Gasteiger charge is -2.35. The van der Waals surface area contributed by atoms with E-state index in [1.807, 2.05) is 0 Å². The summed E-state index contributed by atoms with van der Waals surface area (Å²) in [5.41, 5.74) is 0.00324. The molecule has 0 bridgehead atoms. The van der Waals surface area contributed by atoms with E-state index in [4.69, 9.17) is 21.4 Å². The van der Waals surface area contributed by atoms with E-state index in [0.29, 0.717) is 19.0 Å². The van der Waals surface area contributed by atoms with Gasteiger partial charge in [-0.3, -0.25) is 4.79 Å². The summed E-state index contributed by atoms with van der Waals surface area (Å²) in [5.74, 6) is -0.922. The van der Waals surface area contributed by atoms with E-state index in [1.165, 1.54) is 19.3 Å². The molecule has 1 amide bonds. The molecule has 1 aliphatic rings. The number of aromatic carboxylic acids is 1. The molecule has 1 aliphatic heterocycles. The quantitative estimate of drug-likeness (QED) is 0.838. The number of halogens is 1. The van der Waals surface area contributed by atoms with Gasteiger partial charge in [-0.15, -0.1) is 0 Å². The third-order valence-electron chi connectivity index (χ3n) is 3.02. The number of anilines is 1. The van der Waals surface area contributed by atoms with Crippen LogP contribution < -0.4 is 10.2 Å². The van der Waals surface area contributed by atoms with Gasteiger partial charge in [0.1, 0.15) is 11.9 Å². The van der Waals surface area contributed by atoms with Crippen LogP contribution in [0.4, 0.5) is 5.82 Å². The number of carboxylic acid groups (broad SMARTS) is 1. The van der Waals surface area contributed by atoms with Crippen LogP contribution in [0.15, 0.2) is 12.3 Å². The van der Waals surface area contributed by atoms with Gasteiger partial charge < -0.3 is 20.1 Å². The summed E-state index contributed by atoms with van der Waals surface area (Å²) in [6.45, 7) is 1.14. The zero-order valence-corrected chi connectivity index (χ0v) is 11.6. The van der Waals surface area contributed by atoms with E-state index < -0.39 is 12.0 Å². The van der Waals surface area contributed by atoms with Crippen LogP contribution >= 0.6 is 11.6 Å². The molecule has 0 aliphatic carbocycles. The van der Waals surface area contributed by atoms with Crippen molar-refractivity contribution in [2.45, 2.75) is 6.04 Å². The maximum Gasteiger partial charge on any atom is 0.337 e. The Balaban J connectivity index is 2.32. The first-order valence-corrected chi connectivity index (χ1v) is 6.37. The smallest absolute Gasteiger partial charge is 0.337 e. The molecule has 2 N–H and O–H groups in total. The number of ether oxygens (including phenoxy) is 1. The predicted octanol–water partition coefficient (Wildman–Crippen LogP) is 0.384. The minimum atomic E-state index is -1.10. The van der Waals surface area contributed by atoms with Crippen molar-refractivity contribution in [3.8, 4) is 0 Å². The van der Waals surface area contributed by atoms with E-state index >= 15 is 0 Å². The Bertz CT molecular complexity index is 537. The molecule has 2 rings (SSSR count). The summed E-state index contributed by atoms with van der Waals surface area (Å²) in [6, 6.07) is 0.789. The van der Waals surface area contributed by atoms with Gasteiger partial charge >= 0.3 is 5.97 Å². The summed E-state index contributed by atoms with van der Waals surface area (Å²) >= 11 is 6.08. The molecule has 0 aromatic carbocycles. The zero-order valence-electron chi connectivity index (χ0n) is 10.8. The van der Waals surface area contributed by atoms with Crippen LogP contribution in [0.5, 0.6) is 0 Å². The molecule has 1 aromatic heterocycles. The van der Waals surface area contributed by atoms with Gasteiger partial charge in [0.05, 0.1) is 23.8 Å². The summed E-state index contributed by atoms with van der Waals surface area (Å²) in [4.78, 5) is 28.5. The summed E-state index contributed by atoms with van der Waals surface area (Å²) in [5, 5.41) is 11.6. The van der Waals surface area contributed by atoms with Crippen molar-refractivity contribution in [3.63, 3.8) is 0 Å². The number of amides is 1. The Morgan fingerprint density at radius 3 is 2.95 bits per heavy atom. The normalized spacial score (nSPS) is 18.7. The van der Waals surface area contributed by atoms with Crippen molar-refractivity contribution in [3.05, 3.63) is 22.8 Å². The third kappa shape index (κ3) is 2.83. The summed E-state index contributed by atoms with van der Waals surface area (Å²) in [7, 11) is 1.54. The van der Waals surface area contributed by atoms with Gasteiger partial charge in [-0.1, -0.05) is 11.6 Å². The van der Waals surface area contributed by atoms with Crippen molar-refractivity contribution >= 4 is 29.3 Å². The number of carboxylic acids is 1. The molecule has 108 valence electrons. The minimum absolute atomic E-state index is 0.00324. The van der Waals surface area contributed by atoms with E-state index in [9.17, 15) is 9.59 Å². The first-order chi connectivity index (χ1) is 9.54. The first kappa shape index (κ1) is 14.5. The van der Waals surface area contributed by atoms with Crippen LogP contribution in [-0.4, -0.2) is 54.8 Å². The molecule has 0 radical (unpaired) electrons. The molecule has 20 heavy (non-hydrogen) atoms. The molecule has 0 spiro atoms. The largest absolute Gasteiger partial charge is 0.478 e. The molecule has 1 aromatic rings. The van der Waals surface area contributed by atoms with Gasteiger partial charge in [0, 0.05) is 19.8 Å². The first-order valence-electron chi connectivity index (χ1n) is 5.99. The highest BCUT2D eigenvalue weighted by Crippen LogP contribution is 2.27. The Morgan fingerprint density at radius 1 is 1.60 bits per heavy atom. The topological polar surface area (TPSA) is 91.8 Å². The Kier molecular flexibility index (Phi) is 4.41. The molecule has 1 fully saturated rings. The zero-order chi connectivity index (χ0) is 14.7. The monoisotopic (exact) mass is 299 g/mol. The number of hydrogen-bond acceptors (Lipinski definition) is 5. The van der Waals surface area contributed by atoms with Crippen LogP contribution in [0.25, 0.3) is 0 Å². The second kappa shape index (κ2) is 6.06. The van der Waals surface area contributed by atoms with E-state index in [2.05, 4.69) is 10.3 Å². The standard InChI is InChI=1S/C12H14ClN3O4/c1-14-11(17)9-6-20-3-2-16(9)10-8(13)4-7(5-15-10)12(18)19/h4-5,9H,2-3,6H2,1H3,(H,14,17)(H,18,19). The van der Waals surface area contributed by atoms with Gasteiger partial charge in [0.15, 0.2) is 0 Å². The van der Waals surface area contributed by atoms with E-state index in [-0.39, 0.29) is 23.1 Å². The number of likely N-dealkylation sites (N-methyl/N-ethyl adjacent to an activating group) is 1. The van der Waals surface area contributed by atoms with Crippen molar-refractivity contribution in [1.82, 2.24) is 10.3 Å². The highest BCUT2D eigenvalue weighted by molar-refractivity contribution is 6.33. The van der Waals surface area contributed by atoms with Gasteiger partial charge in [-0.05, 0) is 6.07 Å². The number of carbonyl (C=O) groups excluding carboxylic acids is 1. The average molecular weight is 300 g/mol. The Labute approximate surface area is 120 Å². The van der Waals surface area contributed by atoms with Gasteiger partial charge in [0.2, 0.25) is 5.91 Å². The lowest BCUT2D eigenvalue weighted by atomic mass is 10.2. The van der Waals surface area contributed by atoms with E-state index in [0.717, 1.165) is 0 Å². The molecule has 7 nitrogen and oxygen atoms in total. The number of carbonyl (C=O) groups is 2. The van der Waals surface area contributed by atoms with Crippen LogP contribution in [0.3, 0.4) is 0 Å². The molecular weight excluding hydrogens is 286 g/mol. The number of nitrogens with zero attached hydrogens (tertiary/aromatic N) is 2. The van der Waals surface area contributed by atoms with Gasteiger partial charge in [-0.25, -0.2) is 9.78 Å². The Morgan fingerprint density at radius 2 is 2.35 bits per heavy atom. The Hall–Kier alpha value is -1.86. The number of morpholine rings is 1. The predicted molar refractivity (Wildman–Crippen MR) is 72.2 cm³/mol. The lowest BCUT2D eigenvalue weighted by Crippen LogP contribution is -2.53. The maximum atomic E-state index is 11.8. The second-order valence-electron chi connectivity index (χ2n) is 4.23. The van der Waals surface area contributed by atoms with E-state index in [1.54, 1.807) is 4.90 Å². The molecule has 1 unspecified atom stereocenters. The van der Waals surface area contributed by atoms with Crippen LogP contribution in [0.1, 0.15) is 10.4 Å². The summed E-state index contributed by atoms with van der Waals surface area (Å²) in [6.07, 6.45) is 1.22. The lowest BCUT2D eigenvalue weighted by molar-refractivity contribution is -0.124. The molecule has 0 saturated carbocycles. The molecule has 8 heteroatoms. The highest BCUT2D eigenvalue weighted by atomic mass is 35.5. The summed E-state index contributed by atoms with van der Waals surface area (Å²) < 4.78 is 5.29. The van der Waals surface area contributed by atoms with Crippen molar-refractivity contribution in [2.24, 2.45) is 0 Å². The van der Waals surface area contributed by atoms with Crippen LogP contribution in [0, 0.1) is 0 Å². The molecule has 1 saturated heterocycles. The average Bonchev–Trinajstić information content (AvgIpc) is 2.46.